The molecule has 0 bridgehead atoms. The Labute approximate surface area is 114 Å². The van der Waals surface area contributed by atoms with E-state index in [0.717, 1.165) is 6.07 Å². The number of pyridine rings is 1. The molecule has 1 aromatic heterocycles. The van der Waals surface area contributed by atoms with Crippen LogP contribution in [0.1, 0.15) is 6.42 Å². The number of hydrogen-bond acceptors (Lipinski definition) is 3. The summed E-state index contributed by atoms with van der Waals surface area (Å²) >= 11 is 0. The van der Waals surface area contributed by atoms with Gasteiger partial charge in [0.1, 0.15) is 0 Å². The van der Waals surface area contributed by atoms with Crippen molar-refractivity contribution in [1.29, 1.82) is 0 Å². The fourth-order valence-electron chi connectivity index (χ4n) is 1.74. The van der Waals surface area contributed by atoms with Crippen LogP contribution in [0, 0.1) is 11.6 Å². The molecule has 0 aliphatic heterocycles. The number of halogens is 2. The Morgan fingerprint density at radius 1 is 1.20 bits per heavy atom. The largest absolute Gasteiger partial charge is 0.490 e. The molecule has 1 aromatic carbocycles. The summed E-state index contributed by atoms with van der Waals surface area (Å²) < 4.78 is 32.8. The van der Waals surface area contributed by atoms with Gasteiger partial charge < -0.3 is 15.0 Å². The third-order valence-electron chi connectivity index (χ3n) is 2.72. The SMILES string of the molecule is Nc1ccc(=O)n(CCCOc2cccc(F)c2F)c1. The molecule has 0 saturated carbocycles. The first-order valence-electron chi connectivity index (χ1n) is 6.10. The first kappa shape index (κ1) is 14.0. The molecule has 20 heavy (non-hydrogen) atoms. The molecule has 0 saturated heterocycles. The first-order valence-corrected chi connectivity index (χ1v) is 6.10. The Bertz CT molecular complexity index is 656. The topological polar surface area (TPSA) is 57.2 Å². The molecule has 0 aliphatic carbocycles. The minimum Gasteiger partial charge on any atom is -0.490 e. The predicted molar refractivity (Wildman–Crippen MR) is 71.6 cm³/mol. The summed E-state index contributed by atoms with van der Waals surface area (Å²) in [6.45, 7) is 0.558. The van der Waals surface area contributed by atoms with Gasteiger partial charge in [0.25, 0.3) is 5.56 Å². The predicted octanol–water partition coefficient (Wildman–Crippen LogP) is 2.18. The number of nitrogen functional groups attached to an aromatic ring is 1. The van der Waals surface area contributed by atoms with E-state index in [2.05, 4.69) is 0 Å². The normalized spacial score (nSPS) is 10.5. The molecule has 2 aromatic rings. The lowest BCUT2D eigenvalue weighted by Gasteiger charge is -2.09. The van der Waals surface area contributed by atoms with E-state index in [1.807, 2.05) is 0 Å². The standard InChI is InChI=1S/C14H14F2N2O2/c15-11-3-1-4-12(14(11)16)20-8-2-7-18-9-10(17)5-6-13(18)19/h1,3-6,9H,2,7-8,17H2. The molecule has 0 aliphatic rings. The molecular weight excluding hydrogens is 266 g/mol. The van der Waals surface area contributed by atoms with Crippen molar-refractivity contribution in [2.75, 3.05) is 12.3 Å². The quantitative estimate of drug-likeness (QED) is 0.854. The van der Waals surface area contributed by atoms with Crippen LogP contribution in [0.25, 0.3) is 0 Å². The van der Waals surface area contributed by atoms with Crippen molar-refractivity contribution in [2.45, 2.75) is 13.0 Å². The highest BCUT2D eigenvalue weighted by Gasteiger charge is 2.08. The average molecular weight is 280 g/mol. The van der Waals surface area contributed by atoms with Crippen molar-refractivity contribution >= 4 is 5.69 Å². The maximum atomic E-state index is 13.3. The third kappa shape index (κ3) is 3.34. The summed E-state index contributed by atoms with van der Waals surface area (Å²) in [5, 5.41) is 0. The van der Waals surface area contributed by atoms with Crippen molar-refractivity contribution < 1.29 is 13.5 Å². The smallest absolute Gasteiger partial charge is 0.250 e. The second-order valence-corrected chi connectivity index (χ2v) is 4.25. The fraction of sp³-hybridized carbons (Fsp3) is 0.214. The molecule has 2 N–H and O–H groups in total. The maximum Gasteiger partial charge on any atom is 0.250 e. The van der Waals surface area contributed by atoms with Crippen LogP contribution in [0.3, 0.4) is 0 Å². The second kappa shape index (κ2) is 6.18. The van der Waals surface area contributed by atoms with E-state index in [1.165, 1.54) is 35.0 Å². The summed E-state index contributed by atoms with van der Waals surface area (Å²) in [4.78, 5) is 11.5. The number of ether oxygens (including phenoxy) is 1. The molecule has 4 nitrogen and oxygen atoms in total. The van der Waals surface area contributed by atoms with Crippen molar-refractivity contribution in [2.24, 2.45) is 0 Å². The zero-order valence-corrected chi connectivity index (χ0v) is 10.7. The van der Waals surface area contributed by atoms with Gasteiger partial charge in [0, 0.05) is 24.5 Å². The molecule has 0 amide bonds. The zero-order chi connectivity index (χ0) is 14.5. The highest BCUT2D eigenvalue weighted by atomic mass is 19.2. The molecule has 1 heterocycles. The number of hydrogen-bond donors (Lipinski definition) is 1. The zero-order valence-electron chi connectivity index (χ0n) is 10.7. The van der Waals surface area contributed by atoms with Gasteiger partial charge in [-0.1, -0.05) is 6.07 Å². The van der Waals surface area contributed by atoms with Gasteiger partial charge in [0.15, 0.2) is 11.6 Å². The molecule has 2 rings (SSSR count). The lowest BCUT2D eigenvalue weighted by molar-refractivity contribution is 0.282. The number of nitrogens with zero attached hydrogens (tertiary/aromatic N) is 1. The van der Waals surface area contributed by atoms with E-state index in [0.29, 0.717) is 18.7 Å². The monoisotopic (exact) mass is 280 g/mol. The van der Waals surface area contributed by atoms with Crippen LogP contribution in [0.15, 0.2) is 41.3 Å². The Morgan fingerprint density at radius 3 is 2.80 bits per heavy atom. The summed E-state index contributed by atoms with van der Waals surface area (Å²) in [7, 11) is 0. The van der Waals surface area contributed by atoms with Crippen LogP contribution in [-0.4, -0.2) is 11.2 Å². The number of rotatable bonds is 5. The number of aromatic nitrogens is 1. The van der Waals surface area contributed by atoms with Crippen molar-refractivity contribution in [3.8, 4) is 5.75 Å². The Kier molecular flexibility index (Phi) is 4.34. The van der Waals surface area contributed by atoms with Crippen LogP contribution in [0.5, 0.6) is 5.75 Å². The molecule has 0 unspecified atom stereocenters. The van der Waals surface area contributed by atoms with Gasteiger partial charge in [0.2, 0.25) is 5.82 Å². The lowest BCUT2D eigenvalue weighted by Crippen LogP contribution is -2.20. The number of benzene rings is 1. The van der Waals surface area contributed by atoms with Gasteiger partial charge in [-0.05, 0) is 24.6 Å². The van der Waals surface area contributed by atoms with Crippen LogP contribution >= 0.6 is 0 Å². The van der Waals surface area contributed by atoms with Crippen molar-refractivity contribution in [3.05, 3.63) is 58.5 Å². The van der Waals surface area contributed by atoms with Crippen LogP contribution in [0.2, 0.25) is 0 Å². The summed E-state index contributed by atoms with van der Waals surface area (Å²) in [6.07, 6.45) is 2.00. The summed E-state index contributed by atoms with van der Waals surface area (Å²) in [6, 6.07) is 6.65. The molecule has 6 heteroatoms. The van der Waals surface area contributed by atoms with E-state index in [9.17, 15) is 13.6 Å². The second-order valence-electron chi connectivity index (χ2n) is 4.25. The van der Waals surface area contributed by atoms with E-state index >= 15 is 0 Å². The van der Waals surface area contributed by atoms with E-state index in [1.54, 1.807) is 0 Å². The Morgan fingerprint density at radius 2 is 2.00 bits per heavy atom. The van der Waals surface area contributed by atoms with Crippen LogP contribution < -0.4 is 16.0 Å². The fourth-order valence-corrected chi connectivity index (χ4v) is 1.74. The van der Waals surface area contributed by atoms with E-state index in [-0.39, 0.29) is 17.9 Å². The van der Waals surface area contributed by atoms with Crippen LogP contribution in [0.4, 0.5) is 14.5 Å². The van der Waals surface area contributed by atoms with Gasteiger partial charge >= 0.3 is 0 Å². The average Bonchev–Trinajstić information content (AvgIpc) is 2.43. The molecular formula is C14H14F2N2O2. The van der Waals surface area contributed by atoms with Gasteiger partial charge in [-0.2, -0.15) is 4.39 Å². The van der Waals surface area contributed by atoms with Gasteiger partial charge in [0.05, 0.1) is 6.61 Å². The highest BCUT2D eigenvalue weighted by Crippen LogP contribution is 2.19. The molecule has 106 valence electrons. The van der Waals surface area contributed by atoms with Gasteiger partial charge in [-0.15, -0.1) is 0 Å². The molecule has 0 atom stereocenters. The Hall–Kier alpha value is -2.37. The van der Waals surface area contributed by atoms with Crippen molar-refractivity contribution in [3.63, 3.8) is 0 Å². The maximum absolute atomic E-state index is 13.3. The summed E-state index contributed by atoms with van der Waals surface area (Å²) in [5.41, 5.74) is 5.89. The third-order valence-corrected chi connectivity index (χ3v) is 2.72. The number of anilines is 1. The Balaban J connectivity index is 1.89. The summed E-state index contributed by atoms with van der Waals surface area (Å²) in [5.74, 6) is -2.09. The highest BCUT2D eigenvalue weighted by molar-refractivity contribution is 5.33. The van der Waals surface area contributed by atoms with E-state index in [4.69, 9.17) is 10.5 Å². The number of aryl methyl sites for hydroxylation is 1. The van der Waals surface area contributed by atoms with E-state index < -0.39 is 11.6 Å². The van der Waals surface area contributed by atoms with Gasteiger partial charge in [-0.25, -0.2) is 4.39 Å². The first-order chi connectivity index (χ1) is 9.58. The van der Waals surface area contributed by atoms with Crippen LogP contribution in [-0.2, 0) is 6.54 Å². The minimum absolute atomic E-state index is 0.134. The molecule has 0 radical (unpaired) electrons. The minimum atomic E-state index is -1.01. The molecule has 0 spiro atoms. The van der Waals surface area contributed by atoms with Crippen molar-refractivity contribution in [1.82, 2.24) is 4.57 Å². The number of nitrogens with two attached hydrogens (primary N) is 1. The molecule has 0 fully saturated rings. The van der Waals surface area contributed by atoms with Gasteiger partial charge in [-0.3, -0.25) is 4.79 Å². The lowest BCUT2D eigenvalue weighted by atomic mass is 10.3.